The van der Waals surface area contributed by atoms with Gasteiger partial charge in [0.1, 0.15) is 5.75 Å². The molecule has 1 aliphatic carbocycles. The van der Waals surface area contributed by atoms with Gasteiger partial charge in [-0.25, -0.2) is 0 Å². The first-order valence-corrected chi connectivity index (χ1v) is 8.30. The maximum Gasteiger partial charge on any atom is 0.253 e. The van der Waals surface area contributed by atoms with Crippen molar-refractivity contribution in [3.63, 3.8) is 0 Å². The molecule has 1 aromatic carbocycles. The maximum atomic E-state index is 12.5. The number of carbonyl (C=O) groups excluding carboxylic acids is 1. The van der Waals surface area contributed by atoms with Gasteiger partial charge in [0.05, 0.1) is 18.8 Å². The molecular formula is C19H24N2O3. The van der Waals surface area contributed by atoms with Gasteiger partial charge in [0.15, 0.2) is 0 Å². The van der Waals surface area contributed by atoms with Crippen molar-refractivity contribution >= 4 is 5.91 Å². The fourth-order valence-electron chi connectivity index (χ4n) is 3.15. The van der Waals surface area contributed by atoms with Gasteiger partial charge in [-0.3, -0.25) is 4.79 Å². The summed E-state index contributed by atoms with van der Waals surface area (Å²) in [7, 11) is 1.59. The van der Waals surface area contributed by atoms with Crippen molar-refractivity contribution < 1.29 is 14.6 Å². The molecule has 5 nitrogen and oxygen atoms in total. The van der Waals surface area contributed by atoms with Crippen LogP contribution >= 0.6 is 0 Å². The molecule has 1 aromatic heterocycles. The zero-order valence-corrected chi connectivity index (χ0v) is 14.4. The lowest BCUT2D eigenvalue weighted by atomic mass is 10.1. The summed E-state index contributed by atoms with van der Waals surface area (Å²) in [6.07, 6.45) is 1.61. The summed E-state index contributed by atoms with van der Waals surface area (Å²) in [5.41, 5.74) is 3.53. The predicted molar refractivity (Wildman–Crippen MR) is 92.5 cm³/mol. The van der Waals surface area contributed by atoms with E-state index in [1.165, 1.54) is 12.8 Å². The third kappa shape index (κ3) is 3.31. The molecule has 1 saturated carbocycles. The molecule has 0 radical (unpaired) electrons. The first kappa shape index (κ1) is 16.6. The van der Waals surface area contributed by atoms with Crippen molar-refractivity contribution in [2.75, 3.05) is 13.7 Å². The molecule has 1 unspecified atom stereocenters. The minimum absolute atomic E-state index is 0.142. The van der Waals surface area contributed by atoms with Crippen LogP contribution in [0.15, 0.2) is 30.3 Å². The van der Waals surface area contributed by atoms with Gasteiger partial charge in [-0.1, -0.05) is 12.1 Å². The normalized spacial score (nSPS) is 15.2. The van der Waals surface area contributed by atoms with E-state index in [0.717, 1.165) is 17.0 Å². The number of nitrogens with one attached hydrogen (secondary N) is 1. The summed E-state index contributed by atoms with van der Waals surface area (Å²) in [4.78, 5) is 12.5. The third-order valence-corrected chi connectivity index (χ3v) is 4.58. The monoisotopic (exact) mass is 328 g/mol. The minimum atomic E-state index is -0.768. The second-order valence-electron chi connectivity index (χ2n) is 6.39. The van der Waals surface area contributed by atoms with Crippen LogP contribution in [0.5, 0.6) is 5.75 Å². The highest BCUT2D eigenvalue weighted by atomic mass is 16.5. The van der Waals surface area contributed by atoms with Crippen LogP contribution in [0, 0.1) is 13.8 Å². The molecule has 1 atom stereocenters. The number of amides is 1. The second-order valence-corrected chi connectivity index (χ2v) is 6.39. The molecule has 3 rings (SSSR count). The standard InChI is InChI=1S/C19H24N2O3/c1-12-9-17(13(2)21(12)15-7-8-15)19(23)20-11-18(22)14-5-4-6-16(10-14)24-3/h4-6,9-10,15,18,22H,7-8,11H2,1-3H3,(H,20,23). The van der Waals surface area contributed by atoms with Crippen molar-refractivity contribution in [2.45, 2.75) is 38.8 Å². The molecular weight excluding hydrogens is 304 g/mol. The van der Waals surface area contributed by atoms with Crippen LogP contribution in [0.4, 0.5) is 0 Å². The summed E-state index contributed by atoms with van der Waals surface area (Å²) in [6, 6.07) is 9.72. The van der Waals surface area contributed by atoms with Crippen molar-refractivity contribution in [3.8, 4) is 5.75 Å². The third-order valence-electron chi connectivity index (χ3n) is 4.58. The number of aliphatic hydroxyl groups is 1. The Morgan fingerprint density at radius 3 is 2.79 bits per heavy atom. The fourth-order valence-corrected chi connectivity index (χ4v) is 3.15. The molecule has 2 N–H and O–H groups in total. The van der Waals surface area contributed by atoms with E-state index in [1.54, 1.807) is 13.2 Å². The molecule has 1 heterocycles. The Bertz CT molecular complexity index is 747. The Kier molecular flexibility index (Phi) is 4.62. The van der Waals surface area contributed by atoms with Crippen molar-refractivity contribution in [1.29, 1.82) is 0 Å². The number of hydrogen-bond donors (Lipinski definition) is 2. The number of carbonyl (C=O) groups is 1. The van der Waals surface area contributed by atoms with E-state index >= 15 is 0 Å². The van der Waals surface area contributed by atoms with E-state index in [9.17, 15) is 9.90 Å². The van der Waals surface area contributed by atoms with E-state index in [1.807, 2.05) is 38.1 Å². The van der Waals surface area contributed by atoms with E-state index in [4.69, 9.17) is 4.74 Å². The van der Waals surface area contributed by atoms with Gasteiger partial charge in [-0.15, -0.1) is 0 Å². The van der Waals surface area contributed by atoms with Crippen LogP contribution in [0.2, 0.25) is 0 Å². The molecule has 2 aromatic rings. The smallest absolute Gasteiger partial charge is 0.253 e. The van der Waals surface area contributed by atoms with Crippen molar-refractivity contribution in [2.24, 2.45) is 0 Å². The number of methoxy groups -OCH3 is 1. The van der Waals surface area contributed by atoms with Gasteiger partial charge < -0.3 is 19.7 Å². The number of ether oxygens (including phenoxy) is 1. The lowest BCUT2D eigenvalue weighted by Gasteiger charge is -2.13. The van der Waals surface area contributed by atoms with Gasteiger partial charge >= 0.3 is 0 Å². The van der Waals surface area contributed by atoms with Crippen molar-refractivity contribution in [1.82, 2.24) is 9.88 Å². The van der Waals surface area contributed by atoms with Crippen LogP contribution in [0.3, 0.4) is 0 Å². The van der Waals surface area contributed by atoms with Crippen molar-refractivity contribution in [3.05, 3.63) is 52.8 Å². The highest BCUT2D eigenvalue weighted by Crippen LogP contribution is 2.38. The molecule has 24 heavy (non-hydrogen) atoms. The Labute approximate surface area is 142 Å². The number of rotatable bonds is 6. The molecule has 1 amide bonds. The molecule has 128 valence electrons. The number of aromatic nitrogens is 1. The highest BCUT2D eigenvalue weighted by molar-refractivity contribution is 5.95. The summed E-state index contributed by atoms with van der Waals surface area (Å²) >= 11 is 0. The van der Waals surface area contributed by atoms with E-state index < -0.39 is 6.10 Å². The van der Waals surface area contributed by atoms with Gasteiger partial charge in [-0.2, -0.15) is 0 Å². The van der Waals surface area contributed by atoms with Gasteiger partial charge in [0.2, 0.25) is 0 Å². The van der Waals surface area contributed by atoms with E-state index in [-0.39, 0.29) is 12.5 Å². The Balaban J connectivity index is 1.66. The highest BCUT2D eigenvalue weighted by Gasteiger charge is 2.28. The second kappa shape index (κ2) is 6.69. The zero-order chi connectivity index (χ0) is 17.3. The first-order chi connectivity index (χ1) is 11.5. The Hall–Kier alpha value is -2.27. The van der Waals surface area contributed by atoms with E-state index in [2.05, 4.69) is 9.88 Å². The Morgan fingerprint density at radius 2 is 2.12 bits per heavy atom. The number of benzene rings is 1. The van der Waals surface area contributed by atoms with Crippen LogP contribution < -0.4 is 10.1 Å². The lowest BCUT2D eigenvalue weighted by Crippen LogP contribution is -2.28. The molecule has 0 bridgehead atoms. The molecule has 0 saturated heterocycles. The Morgan fingerprint density at radius 1 is 1.38 bits per heavy atom. The number of nitrogens with zero attached hydrogens (tertiary/aromatic N) is 1. The largest absolute Gasteiger partial charge is 0.497 e. The lowest BCUT2D eigenvalue weighted by molar-refractivity contribution is 0.0915. The molecule has 1 aliphatic rings. The maximum absolute atomic E-state index is 12.5. The number of hydrogen-bond acceptors (Lipinski definition) is 3. The molecule has 0 aliphatic heterocycles. The zero-order valence-electron chi connectivity index (χ0n) is 14.4. The van der Waals surface area contributed by atoms with Crippen LogP contribution in [0.25, 0.3) is 0 Å². The van der Waals surface area contributed by atoms with Gasteiger partial charge in [-0.05, 0) is 50.5 Å². The fraction of sp³-hybridized carbons (Fsp3) is 0.421. The van der Waals surface area contributed by atoms with Crippen LogP contribution in [-0.2, 0) is 0 Å². The first-order valence-electron chi connectivity index (χ1n) is 8.30. The number of aryl methyl sites for hydroxylation is 1. The van der Waals surface area contributed by atoms with Gasteiger partial charge in [0.25, 0.3) is 5.91 Å². The quantitative estimate of drug-likeness (QED) is 0.857. The molecule has 1 fully saturated rings. The van der Waals surface area contributed by atoms with Gasteiger partial charge in [0, 0.05) is 24.0 Å². The summed E-state index contributed by atoms with van der Waals surface area (Å²) < 4.78 is 7.40. The molecule has 0 spiro atoms. The average Bonchev–Trinajstić information content (AvgIpc) is 3.37. The van der Waals surface area contributed by atoms with Crippen LogP contribution in [0.1, 0.15) is 52.3 Å². The predicted octanol–water partition coefficient (Wildman–Crippen LogP) is 2.91. The van der Waals surface area contributed by atoms with Crippen LogP contribution in [-0.4, -0.2) is 29.2 Å². The summed E-state index contributed by atoms with van der Waals surface area (Å²) in [5.74, 6) is 0.544. The topological polar surface area (TPSA) is 63.5 Å². The minimum Gasteiger partial charge on any atom is -0.497 e. The summed E-state index contributed by atoms with van der Waals surface area (Å²) in [5, 5.41) is 13.1. The summed E-state index contributed by atoms with van der Waals surface area (Å²) in [6.45, 7) is 4.19. The molecule has 5 heteroatoms. The number of aliphatic hydroxyl groups excluding tert-OH is 1. The SMILES string of the molecule is COc1cccc(C(O)CNC(=O)c2cc(C)n(C3CC3)c2C)c1. The van der Waals surface area contributed by atoms with E-state index in [0.29, 0.717) is 17.4 Å². The average molecular weight is 328 g/mol.